The predicted molar refractivity (Wildman–Crippen MR) is 71.4 cm³/mol. The lowest BCUT2D eigenvalue weighted by Crippen LogP contribution is -2.48. The first-order valence-corrected chi connectivity index (χ1v) is 6.37. The van der Waals surface area contributed by atoms with Crippen LogP contribution in [0.15, 0.2) is 0 Å². The van der Waals surface area contributed by atoms with Gasteiger partial charge in [0, 0.05) is 26.8 Å². The summed E-state index contributed by atoms with van der Waals surface area (Å²) in [5.41, 5.74) is 5.48. The van der Waals surface area contributed by atoms with Gasteiger partial charge in [0.05, 0.1) is 19.3 Å². The molecule has 0 rings (SSSR count). The van der Waals surface area contributed by atoms with Gasteiger partial charge in [-0.05, 0) is 26.3 Å². The van der Waals surface area contributed by atoms with E-state index in [0.717, 1.165) is 12.8 Å². The maximum absolute atomic E-state index is 11.7. The van der Waals surface area contributed by atoms with Crippen molar-refractivity contribution < 1.29 is 14.3 Å². The van der Waals surface area contributed by atoms with Gasteiger partial charge >= 0.3 is 0 Å². The van der Waals surface area contributed by atoms with E-state index in [2.05, 4.69) is 10.6 Å². The highest BCUT2D eigenvalue weighted by Crippen LogP contribution is 1.99. The van der Waals surface area contributed by atoms with Gasteiger partial charge in [-0.2, -0.15) is 0 Å². The molecular formula is C12H27N3O3. The molecule has 0 aliphatic heterocycles. The Morgan fingerprint density at radius 2 is 2.06 bits per heavy atom. The van der Waals surface area contributed by atoms with Crippen molar-refractivity contribution in [2.75, 3.05) is 40.5 Å². The van der Waals surface area contributed by atoms with Crippen LogP contribution >= 0.6 is 0 Å². The Kier molecular flexibility index (Phi) is 11.0. The van der Waals surface area contributed by atoms with Gasteiger partial charge in [0.25, 0.3) is 0 Å². The number of methoxy groups -OCH3 is 2. The van der Waals surface area contributed by atoms with Crippen LogP contribution in [0.3, 0.4) is 0 Å². The third-order valence-corrected chi connectivity index (χ3v) is 2.61. The van der Waals surface area contributed by atoms with Crippen molar-refractivity contribution in [3.63, 3.8) is 0 Å². The number of rotatable bonds is 11. The average Bonchev–Trinajstić information content (AvgIpc) is 2.36. The van der Waals surface area contributed by atoms with Crippen molar-refractivity contribution in [1.82, 2.24) is 10.6 Å². The molecule has 2 atom stereocenters. The maximum atomic E-state index is 11.7. The zero-order chi connectivity index (χ0) is 13.8. The van der Waals surface area contributed by atoms with E-state index < -0.39 is 0 Å². The molecule has 6 nitrogen and oxygen atoms in total. The molecule has 4 N–H and O–H groups in total. The van der Waals surface area contributed by atoms with Crippen LogP contribution < -0.4 is 16.4 Å². The normalized spacial score (nSPS) is 14.2. The smallest absolute Gasteiger partial charge is 0.236 e. The quantitative estimate of drug-likeness (QED) is 0.436. The van der Waals surface area contributed by atoms with E-state index in [0.29, 0.717) is 26.3 Å². The highest BCUT2D eigenvalue weighted by atomic mass is 16.5. The minimum absolute atomic E-state index is 0.0269. The van der Waals surface area contributed by atoms with Gasteiger partial charge in [-0.25, -0.2) is 0 Å². The third-order valence-electron chi connectivity index (χ3n) is 2.61. The first kappa shape index (κ1) is 17.3. The van der Waals surface area contributed by atoms with Crippen molar-refractivity contribution in [2.45, 2.75) is 31.8 Å². The Morgan fingerprint density at radius 1 is 1.33 bits per heavy atom. The second-order valence-corrected chi connectivity index (χ2v) is 4.26. The Labute approximate surface area is 110 Å². The first-order chi connectivity index (χ1) is 8.65. The fourth-order valence-electron chi connectivity index (χ4n) is 1.64. The molecule has 6 heteroatoms. The van der Waals surface area contributed by atoms with Crippen LogP contribution in [0.25, 0.3) is 0 Å². The molecule has 0 aromatic rings. The molecule has 0 saturated carbocycles. The van der Waals surface area contributed by atoms with Crippen molar-refractivity contribution in [3.8, 4) is 0 Å². The molecular weight excluding hydrogens is 234 g/mol. The molecule has 18 heavy (non-hydrogen) atoms. The zero-order valence-electron chi connectivity index (χ0n) is 11.7. The molecule has 0 saturated heterocycles. The van der Waals surface area contributed by atoms with Crippen LogP contribution in [-0.4, -0.2) is 58.5 Å². The van der Waals surface area contributed by atoms with E-state index in [1.807, 2.05) is 6.92 Å². The molecule has 0 radical (unpaired) electrons. The molecule has 108 valence electrons. The molecule has 2 unspecified atom stereocenters. The van der Waals surface area contributed by atoms with Crippen molar-refractivity contribution >= 4 is 5.91 Å². The summed E-state index contributed by atoms with van der Waals surface area (Å²) in [5, 5.41) is 6.04. The number of amides is 1. The van der Waals surface area contributed by atoms with E-state index >= 15 is 0 Å². The molecule has 0 aromatic carbocycles. The van der Waals surface area contributed by atoms with Crippen LogP contribution in [0.1, 0.15) is 19.8 Å². The summed E-state index contributed by atoms with van der Waals surface area (Å²) in [5.74, 6) is -0.0269. The molecule has 0 fully saturated rings. The lowest BCUT2D eigenvalue weighted by Gasteiger charge is -2.22. The molecule has 0 spiro atoms. The predicted octanol–water partition coefficient (Wildman–Crippen LogP) is -0.519. The number of nitrogens with two attached hydrogens (primary N) is 1. The second kappa shape index (κ2) is 11.4. The zero-order valence-corrected chi connectivity index (χ0v) is 11.7. The Hall–Kier alpha value is -0.690. The standard InChI is InChI=1S/C12H27N3O3/c1-10(12(16)14-7-8-17-2)15-11(9-18-3)5-4-6-13/h10-11,15H,4-9,13H2,1-3H3,(H,14,16). The molecule has 0 bridgehead atoms. The third kappa shape index (κ3) is 8.41. The summed E-state index contributed by atoms with van der Waals surface area (Å²) >= 11 is 0. The monoisotopic (exact) mass is 261 g/mol. The largest absolute Gasteiger partial charge is 0.383 e. The van der Waals surface area contributed by atoms with Crippen LogP contribution in [0, 0.1) is 0 Å². The minimum atomic E-state index is -0.250. The molecule has 0 aliphatic rings. The fourth-order valence-corrected chi connectivity index (χ4v) is 1.64. The Balaban J connectivity index is 3.97. The van der Waals surface area contributed by atoms with E-state index in [4.69, 9.17) is 15.2 Å². The van der Waals surface area contributed by atoms with Crippen molar-refractivity contribution in [3.05, 3.63) is 0 Å². The van der Waals surface area contributed by atoms with Gasteiger partial charge in [-0.15, -0.1) is 0 Å². The van der Waals surface area contributed by atoms with E-state index in [9.17, 15) is 4.79 Å². The second-order valence-electron chi connectivity index (χ2n) is 4.26. The van der Waals surface area contributed by atoms with E-state index in [-0.39, 0.29) is 18.0 Å². The Morgan fingerprint density at radius 3 is 2.61 bits per heavy atom. The molecule has 0 aromatic heterocycles. The lowest BCUT2D eigenvalue weighted by atomic mass is 10.1. The van der Waals surface area contributed by atoms with Gasteiger partial charge in [-0.3, -0.25) is 4.79 Å². The summed E-state index contributed by atoms with van der Waals surface area (Å²) in [6, 6.07) is -0.0958. The highest BCUT2D eigenvalue weighted by Gasteiger charge is 2.17. The van der Waals surface area contributed by atoms with Crippen molar-refractivity contribution in [1.29, 1.82) is 0 Å². The van der Waals surface area contributed by atoms with E-state index in [1.165, 1.54) is 0 Å². The summed E-state index contributed by atoms with van der Waals surface area (Å²) in [6.45, 7) is 4.12. The van der Waals surface area contributed by atoms with Gasteiger partial charge in [0.2, 0.25) is 5.91 Å². The number of carbonyl (C=O) groups excluding carboxylic acids is 1. The number of carbonyl (C=O) groups is 1. The van der Waals surface area contributed by atoms with Crippen LogP contribution in [-0.2, 0) is 14.3 Å². The summed E-state index contributed by atoms with van der Waals surface area (Å²) in [4.78, 5) is 11.7. The first-order valence-electron chi connectivity index (χ1n) is 6.37. The number of hydrogen-bond acceptors (Lipinski definition) is 5. The van der Waals surface area contributed by atoms with E-state index in [1.54, 1.807) is 14.2 Å². The van der Waals surface area contributed by atoms with Crippen LogP contribution in [0.2, 0.25) is 0 Å². The van der Waals surface area contributed by atoms with Gasteiger partial charge in [-0.1, -0.05) is 0 Å². The summed E-state index contributed by atoms with van der Waals surface area (Å²) < 4.78 is 10.0. The molecule has 1 amide bonds. The highest BCUT2D eigenvalue weighted by molar-refractivity contribution is 5.81. The number of hydrogen-bond donors (Lipinski definition) is 3. The summed E-state index contributed by atoms with van der Waals surface area (Å²) in [6.07, 6.45) is 1.82. The van der Waals surface area contributed by atoms with Gasteiger partial charge < -0.3 is 25.8 Å². The topological polar surface area (TPSA) is 85.6 Å². The van der Waals surface area contributed by atoms with Gasteiger partial charge in [0.15, 0.2) is 0 Å². The number of ether oxygens (including phenoxy) is 2. The SMILES string of the molecule is COCCNC(=O)C(C)NC(CCCN)COC. The maximum Gasteiger partial charge on any atom is 0.236 e. The van der Waals surface area contributed by atoms with Gasteiger partial charge in [0.1, 0.15) is 0 Å². The molecule has 0 heterocycles. The lowest BCUT2D eigenvalue weighted by molar-refractivity contribution is -0.123. The summed E-state index contributed by atoms with van der Waals surface area (Å²) in [7, 11) is 3.26. The minimum Gasteiger partial charge on any atom is -0.383 e. The average molecular weight is 261 g/mol. The fraction of sp³-hybridized carbons (Fsp3) is 0.917. The molecule has 0 aliphatic carbocycles. The van der Waals surface area contributed by atoms with Crippen LogP contribution in [0.5, 0.6) is 0 Å². The number of nitrogens with one attached hydrogen (secondary N) is 2. The van der Waals surface area contributed by atoms with Crippen LogP contribution in [0.4, 0.5) is 0 Å². The van der Waals surface area contributed by atoms with Crippen molar-refractivity contribution in [2.24, 2.45) is 5.73 Å². The Bertz CT molecular complexity index is 215.